The van der Waals surface area contributed by atoms with Gasteiger partial charge in [-0.25, -0.2) is 4.98 Å². The second-order valence-electron chi connectivity index (χ2n) is 6.60. The molecule has 0 saturated heterocycles. The molecule has 0 amide bonds. The fourth-order valence-electron chi connectivity index (χ4n) is 3.55. The fraction of sp³-hybridized carbons (Fsp3) is 0.0909. The molecule has 4 aromatic heterocycles. The average Bonchev–Trinajstić information content (AvgIpc) is 3.25. The predicted molar refractivity (Wildman–Crippen MR) is 104 cm³/mol. The van der Waals surface area contributed by atoms with Crippen LogP contribution in [0.4, 0.5) is 0 Å². The number of hydrogen-bond acceptors (Lipinski definition) is 3. The molecule has 5 aromatic rings. The van der Waals surface area contributed by atoms with Crippen molar-refractivity contribution in [3.8, 4) is 22.5 Å². The van der Waals surface area contributed by atoms with Crippen LogP contribution in [0.1, 0.15) is 11.1 Å². The van der Waals surface area contributed by atoms with Gasteiger partial charge in [0.05, 0.1) is 0 Å². The van der Waals surface area contributed by atoms with Gasteiger partial charge in [-0.2, -0.15) is 0 Å². The maximum atomic E-state index is 6.28. The number of furan rings is 1. The van der Waals surface area contributed by atoms with Crippen LogP contribution in [0.25, 0.3) is 44.6 Å². The van der Waals surface area contributed by atoms with Crippen LogP contribution in [0.5, 0.6) is 0 Å². The highest BCUT2D eigenvalue weighted by Crippen LogP contribution is 2.37. The van der Waals surface area contributed by atoms with Crippen molar-refractivity contribution in [2.45, 2.75) is 13.8 Å². The van der Waals surface area contributed by atoms with Crippen LogP contribution in [-0.4, -0.2) is 15.0 Å². The topological polar surface area (TPSA) is 54.7 Å². The molecule has 0 aliphatic heterocycles. The summed E-state index contributed by atoms with van der Waals surface area (Å²) in [6.07, 6.45) is 5.59. The number of hydrogen-bond donors (Lipinski definition) is 1. The Hall–Kier alpha value is -3.40. The third-order valence-corrected chi connectivity index (χ3v) is 4.80. The van der Waals surface area contributed by atoms with Crippen LogP contribution in [0, 0.1) is 13.8 Å². The Balaban J connectivity index is 1.74. The summed E-state index contributed by atoms with van der Waals surface area (Å²) in [6.45, 7) is 4.20. The maximum Gasteiger partial charge on any atom is 0.161 e. The monoisotopic (exact) mass is 339 g/mol. The molecule has 5 rings (SSSR count). The number of fused-ring (bicyclic) bond motifs is 2. The predicted octanol–water partition coefficient (Wildman–Crippen LogP) is 5.65. The van der Waals surface area contributed by atoms with E-state index in [1.54, 1.807) is 6.20 Å². The summed E-state index contributed by atoms with van der Waals surface area (Å²) in [6, 6.07) is 14.4. The molecule has 0 saturated carbocycles. The number of aromatic nitrogens is 3. The minimum Gasteiger partial charge on any atom is -0.454 e. The Labute approximate surface area is 150 Å². The molecular formula is C22H17N3O. The van der Waals surface area contributed by atoms with Crippen molar-refractivity contribution >= 4 is 22.1 Å². The van der Waals surface area contributed by atoms with Gasteiger partial charge in [0.25, 0.3) is 0 Å². The molecule has 0 unspecified atom stereocenters. The largest absolute Gasteiger partial charge is 0.454 e. The summed E-state index contributed by atoms with van der Waals surface area (Å²) in [5, 5.41) is 1.07. The summed E-state index contributed by atoms with van der Waals surface area (Å²) in [5.74, 6) is 0.843. The molecule has 0 atom stereocenters. The van der Waals surface area contributed by atoms with Gasteiger partial charge in [0.1, 0.15) is 16.9 Å². The third-order valence-electron chi connectivity index (χ3n) is 4.80. The van der Waals surface area contributed by atoms with Crippen LogP contribution in [0.3, 0.4) is 0 Å². The van der Waals surface area contributed by atoms with Gasteiger partial charge < -0.3 is 9.40 Å². The molecular weight excluding hydrogens is 322 g/mol. The molecule has 1 aromatic carbocycles. The van der Waals surface area contributed by atoms with Gasteiger partial charge in [0.2, 0.25) is 0 Å². The van der Waals surface area contributed by atoms with E-state index in [0.29, 0.717) is 0 Å². The van der Waals surface area contributed by atoms with Crippen LogP contribution < -0.4 is 0 Å². The van der Waals surface area contributed by atoms with Gasteiger partial charge in [-0.15, -0.1) is 0 Å². The van der Waals surface area contributed by atoms with E-state index in [9.17, 15) is 0 Å². The Morgan fingerprint density at radius 2 is 1.81 bits per heavy atom. The second-order valence-corrected chi connectivity index (χ2v) is 6.60. The van der Waals surface area contributed by atoms with E-state index in [1.807, 2.05) is 30.6 Å². The van der Waals surface area contributed by atoms with Gasteiger partial charge >= 0.3 is 0 Å². The molecule has 0 spiro atoms. The van der Waals surface area contributed by atoms with Crippen LogP contribution in [0.2, 0.25) is 0 Å². The lowest BCUT2D eigenvalue weighted by Gasteiger charge is -2.03. The number of rotatable bonds is 2. The summed E-state index contributed by atoms with van der Waals surface area (Å²) in [7, 11) is 0. The van der Waals surface area contributed by atoms with Gasteiger partial charge in [-0.3, -0.25) is 4.98 Å². The molecule has 26 heavy (non-hydrogen) atoms. The molecule has 0 aliphatic rings. The molecule has 0 radical (unpaired) electrons. The molecule has 0 aliphatic carbocycles. The molecule has 4 nitrogen and oxygen atoms in total. The standard InChI is InChI=1S/C22H17N3O/c1-13-5-6-15(14(2)10-13)20-11-19-21(26-20)16(7-9-23-19)18-12-25-22-17(18)4-3-8-24-22/h3-12H,1-2H3,(H,24,25). The minimum absolute atomic E-state index is 0.798. The van der Waals surface area contributed by atoms with Gasteiger partial charge in [0, 0.05) is 46.7 Å². The van der Waals surface area contributed by atoms with E-state index in [1.165, 1.54) is 11.1 Å². The first-order valence-corrected chi connectivity index (χ1v) is 8.59. The zero-order valence-corrected chi connectivity index (χ0v) is 14.6. The first-order chi connectivity index (χ1) is 12.7. The Bertz CT molecular complexity index is 1260. The highest BCUT2D eigenvalue weighted by Gasteiger charge is 2.16. The Kier molecular flexibility index (Phi) is 3.19. The molecule has 0 fully saturated rings. The van der Waals surface area contributed by atoms with E-state index in [4.69, 9.17) is 4.42 Å². The molecule has 0 bridgehead atoms. The quantitative estimate of drug-likeness (QED) is 0.452. The molecule has 1 N–H and O–H groups in total. The van der Waals surface area contributed by atoms with Crippen molar-refractivity contribution in [1.82, 2.24) is 15.0 Å². The second kappa shape index (κ2) is 5.56. The Morgan fingerprint density at radius 3 is 2.69 bits per heavy atom. The van der Waals surface area contributed by atoms with Crippen LogP contribution in [-0.2, 0) is 0 Å². The van der Waals surface area contributed by atoms with E-state index in [-0.39, 0.29) is 0 Å². The van der Waals surface area contributed by atoms with Gasteiger partial charge in [-0.1, -0.05) is 23.8 Å². The van der Waals surface area contributed by atoms with Crippen molar-refractivity contribution in [3.05, 3.63) is 72.2 Å². The van der Waals surface area contributed by atoms with Gasteiger partial charge in [0.15, 0.2) is 5.58 Å². The molecule has 126 valence electrons. The average molecular weight is 339 g/mol. The van der Waals surface area contributed by atoms with E-state index in [2.05, 4.69) is 53.1 Å². The van der Waals surface area contributed by atoms with Crippen molar-refractivity contribution in [3.63, 3.8) is 0 Å². The summed E-state index contributed by atoms with van der Waals surface area (Å²) in [4.78, 5) is 12.1. The smallest absolute Gasteiger partial charge is 0.161 e. The highest BCUT2D eigenvalue weighted by atomic mass is 16.3. The Morgan fingerprint density at radius 1 is 0.885 bits per heavy atom. The maximum absolute atomic E-state index is 6.28. The summed E-state index contributed by atoms with van der Waals surface area (Å²) in [5.41, 5.74) is 8.15. The molecule has 4 heterocycles. The summed E-state index contributed by atoms with van der Waals surface area (Å²) < 4.78 is 6.28. The van der Waals surface area contributed by atoms with Crippen molar-refractivity contribution < 1.29 is 4.42 Å². The lowest BCUT2D eigenvalue weighted by atomic mass is 10.0. The van der Waals surface area contributed by atoms with Crippen LogP contribution in [0.15, 0.2) is 65.5 Å². The fourth-order valence-corrected chi connectivity index (χ4v) is 3.55. The third kappa shape index (κ3) is 2.23. The minimum atomic E-state index is 0.798. The molecule has 4 heteroatoms. The number of nitrogens with zero attached hydrogens (tertiary/aromatic N) is 2. The van der Waals surface area contributed by atoms with E-state index < -0.39 is 0 Å². The van der Waals surface area contributed by atoms with Crippen molar-refractivity contribution in [2.75, 3.05) is 0 Å². The van der Waals surface area contributed by atoms with Gasteiger partial charge in [-0.05, 0) is 37.6 Å². The summed E-state index contributed by atoms with van der Waals surface area (Å²) >= 11 is 0. The van der Waals surface area contributed by atoms with E-state index in [0.717, 1.165) is 44.6 Å². The van der Waals surface area contributed by atoms with Crippen molar-refractivity contribution in [2.24, 2.45) is 0 Å². The highest BCUT2D eigenvalue weighted by molar-refractivity contribution is 6.01. The van der Waals surface area contributed by atoms with Crippen LogP contribution >= 0.6 is 0 Å². The first kappa shape index (κ1) is 14.9. The normalized spacial score (nSPS) is 11.5. The zero-order valence-electron chi connectivity index (χ0n) is 14.6. The number of aromatic amines is 1. The number of pyridine rings is 2. The SMILES string of the molecule is Cc1ccc(-c2cc3nccc(-c4c[nH]c5ncccc45)c3o2)c(C)c1. The lowest BCUT2D eigenvalue weighted by molar-refractivity contribution is 0.631. The number of H-pyrrole nitrogens is 1. The zero-order chi connectivity index (χ0) is 17.7. The lowest BCUT2D eigenvalue weighted by Crippen LogP contribution is -1.82. The number of aryl methyl sites for hydroxylation is 2. The first-order valence-electron chi connectivity index (χ1n) is 8.59. The van der Waals surface area contributed by atoms with E-state index >= 15 is 0 Å². The number of benzene rings is 1. The number of nitrogens with one attached hydrogen (secondary N) is 1. The van der Waals surface area contributed by atoms with Crippen molar-refractivity contribution in [1.29, 1.82) is 0 Å².